The zero-order chi connectivity index (χ0) is 20.4. The number of carbonyl (C=O) groups is 1. The van der Waals surface area contributed by atoms with Crippen molar-refractivity contribution in [2.75, 3.05) is 13.2 Å². The molecule has 6 heteroatoms. The summed E-state index contributed by atoms with van der Waals surface area (Å²) in [6, 6.07) is 10.2. The lowest BCUT2D eigenvalue weighted by atomic mass is 10.1. The maximum absolute atomic E-state index is 13.0. The van der Waals surface area contributed by atoms with E-state index in [-0.39, 0.29) is 18.6 Å². The van der Waals surface area contributed by atoms with Gasteiger partial charge in [-0.2, -0.15) is 0 Å². The van der Waals surface area contributed by atoms with E-state index in [9.17, 15) is 13.6 Å². The number of aliphatic carboxylic acids is 1. The van der Waals surface area contributed by atoms with Crippen LogP contribution in [0.2, 0.25) is 0 Å². The quantitative estimate of drug-likeness (QED) is 0.697. The summed E-state index contributed by atoms with van der Waals surface area (Å²) < 4.78 is 36.8. The first-order chi connectivity index (χ1) is 13.5. The maximum atomic E-state index is 13.0. The standard InChI is InChI=1S/C22H20F2O4/c1-2-27-21(22(25)26)14-16-7-9-20(10-8-16)28-11-5-3-4-6-17-12-18(23)15-19(24)13-17/h3,5,7-10,12-13,15,21H,2,11,14H2,1H3,(H,25,26). The summed E-state index contributed by atoms with van der Waals surface area (Å²) in [5.41, 5.74) is 1.09. The van der Waals surface area contributed by atoms with Crippen molar-refractivity contribution in [2.24, 2.45) is 0 Å². The molecule has 2 aromatic carbocycles. The number of ether oxygens (including phenoxy) is 2. The Hall–Kier alpha value is -3.17. The van der Waals surface area contributed by atoms with E-state index >= 15 is 0 Å². The average Bonchev–Trinajstić information content (AvgIpc) is 2.64. The number of hydrogen-bond acceptors (Lipinski definition) is 3. The Bertz CT molecular complexity index is 859. The number of hydrogen-bond donors (Lipinski definition) is 1. The number of rotatable bonds is 8. The maximum Gasteiger partial charge on any atom is 0.333 e. The van der Waals surface area contributed by atoms with Gasteiger partial charge >= 0.3 is 5.97 Å². The molecule has 0 aliphatic heterocycles. The van der Waals surface area contributed by atoms with Crippen LogP contribution in [0.15, 0.2) is 54.6 Å². The molecule has 0 bridgehead atoms. The first-order valence-corrected chi connectivity index (χ1v) is 8.66. The monoisotopic (exact) mass is 386 g/mol. The fourth-order valence-electron chi connectivity index (χ4n) is 2.36. The fourth-order valence-corrected chi connectivity index (χ4v) is 2.36. The lowest BCUT2D eigenvalue weighted by Crippen LogP contribution is -2.26. The Balaban J connectivity index is 1.82. The molecule has 0 amide bonds. The topological polar surface area (TPSA) is 55.8 Å². The van der Waals surface area contributed by atoms with Crippen LogP contribution in [-0.2, 0) is 16.0 Å². The molecule has 0 saturated carbocycles. The normalized spacial score (nSPS) is 11.7. The minimum Gasteiger partial charge on any atom is -0.490 e. The smallest absolute Gasteiger partial charge is 0.333 e. The highest BCUT2D eigenvalue weighted by atomic mass is 19.1. The van der Waals surface area contributed by atoms with Gasteiger partial charge in [-0.15, -0.1) is 0 Å². The molecule has 0 fully saturated rings. The van der Waals surface area contributed by atoms with Crippen molar-refractivity contribution in [3.63, 3.8) is 0 Å². The van der Waals surface area contributed by atoms with E-state index in [1.54, 1.807) is 37.3 Å². The Morgan fingerprint density at radius 1 is 1.18 bits per heavy atom. The molecule has 0 spiro atoms. The number of benzene rings is 2. The lowest BCUT2D eigenvalue weighted by molar-refractivity contribution is -0.149. The molecule has 0 aliphatic carbocycles. The number of allylic oxidation sites excluding steroid dienone is 1. The molecule has 28 heavy (non-hydrogen) atoms. The predicted molar refractivity (Wildman–Crippen MR) is 101 cm³/mol. The Morgan fingerprint density at radius 2 is 1.86 bits per heavy atom. The van der Waals surface area contributed by atoms with Crippen molar-refractivity contribution in [3.05, 3.63) is 77.4 Å². The van der Waals surface area contributed by atoms with Crippen LogP contribution in [-0.4, -0.2) is 30.4 Å². The van der Waals surface area contributed by atoms with Gasteiger partial charge in [0.2, 0.25) is 0 Å². The van der Waals surface area contributed by atoms with E-state index in [1.165, 1.54) is 6.08 Å². The van der Waals surface area contributed by atoms with E-state index in [0.29, 0.717) is 12.4 Å². The Kier molecular flexibility index (Phi) is 8.19. The molecule has 2 rings (SSSR count). The zero-order valence-electron chi connectivity index (χ0n) is 15.3. The van der Waals surface area contributed by atoms with Crippen molar-refractivity contribution in [3.8, 4) is 17.6 Å². The molecule has 2 aromatic rings. The Labute approximate surface area is 162 Å². The highest BCUT2D eigenvalue weighted by Gasteiger charge is 2.17. The van der Waals surface area contributed by atoms with Gasteiger partial charge < -0.3 is 14.6 Å². The molecule has 0 aromatic heterocycles. The summed E-state index contributed by atoms with van der Waals surface area (Å²) >= 11 is 0. The van der Waals surface area contributed by atoms with Gasteiger partial charge in [0.05, 0.1) is 0 Å². The van der Waals surface area contributed by atoms with Gasteiger partial charge in [0.1, 0.15) is 24.0 Å². The molecule has 1 unspecified atom stereocenters. The molecule has 0 aliphatic rings. The zero-order valence-corrected chi connectivity index (χ0v) is 15.3. The van der Waals surface area contributed by atoms with Crippen LogP contribution in [0.1, 0.15) is 18.1 Å². The molecule has 1 N–H and O–H groups in total. The van der Waals surface area contributed by atoms with Crippen molar-refractivity contribution in [1.82, 2.24) is 0 Å². The minimum absolute atomic E-state index is 0.255. The fraction of sp³-hybridized carbons (Fsp3) is 0.227. The van der Waals surface area contributed by atoms with Gasteiger partial charge in [-0.3, -0.25) is 0 Å². The van der Waals surface area contributed by atoms with E-state index in [4.69, 9.17) is 14.6 Å². The van der Waals surface area contributed by atoms with Gasteiger partial charge in [-0.1, -0.05) is 24.0 Å². The highest BCUT2D eigenvalue weighted by Crippen LogP contribution is 2.14. The van der Waals surface area contributed by atoms with Crippen LogP contribution in [0, 0.1) is 23.5 Å². The average molecular weight is 386 g/mol. The van der Waals surface area contributed by atoms with E-state index in [0.717, 1.165) is 23.8 Å². The van der Waals surface area contributed by atoms with Crippen LogP contribution < -0.4 is 4.74 Å². The van der Waals surface area contributed by atoms with Crippen molar-refractivity contribution in [1.29, 1.82) is 0 Å². The molecule has 0 heterocycles. The van der Waals surface area contributed by atoms with Crippen LogP contribution >= 0.6 is 0 Å². The second-order valence-electron chi connectivity index (χ2n) is 5.77. The SMILES string of the molecule is CCOC(Cc1ccc(OCC=CC#Cc2cc(F)cc(F)c2)cc1)C(=O)O. The predicted octanol–water partition coefficient (Wildman–Crippen LogP) is 3.98. The van der Waals surface area contributed by atoms with Crippen LogP contribution in [0.5, 0.6) is 5.75 Å². The summed E-state index contributed by atoms with van der Waals surface area (Å²) in [6.45, 7) is 2.35. The summed E-state index contributed by atoms with van der Waals surface area (Å²) in [5.74, 6) is 3.61. The van der Waals surface area contributed by atoms with Crippen LogP contribution in [0.4, 0.5) is 8.78 Å². The molecular weight excluding hydrogens is 366 g/mol. The lowest BCUT2D eigenvalue weighted by Gasteiger charge is -2.12. The second-order valence-corrected chi connectivity index (χ2v) is 5.77. The van der Waals surface area contributed by atoms with E-state index < -0.39 is 23.7 Å². The summed E-state index contributed by atoms with van der Waals surface area (Å²) in [5, 5.41) is 9.10. The minimum atomic E-state index is -0.991. The molecular formula is C22H20F2O4. The third-order valence-corrected chi connectivity index (χ3v) is 3.61. The summed E-state index contributed by atoms with van der Waals surface area (Å²) in [6.07, 6.45) is 2.62. The second kappa shape index (κ2) is 10.9. The summed E-state index contributed by atoms with van der Waals surface area (Å²) in [7, 11) is 0. The third-order valence-electron chi connectivity index (χ3n) is 3.61. The highest BCUT2D eigenvalue weighted by molar-refractivity contribution is 5.72. The van der Waals surface area contributed by atoms with Gasteiger partial charge in [0.25, 0.3) is 0 Å². The van der Waals surface area contributed by atoms with Gasteiger partial charge in [0.15, 0.2) is 6.10 Å². The van der Waals surface area contributed by atoms with Gasteiger partial charge in [0, 0.05) is 24.7 Å². The van der Waals surface area contributed by atoms with Gasteiger partial charge in [-0.05, 0) is 48.9 Å². The molecule has 0 radical (unpaired) electrons. The van der Waals surface area contributed by atoms with Crippen molar-refractivity contribution in [2.45, 2.75) is 19.4 Å². The number of carboxylic acid groups (broad SMARTS) is 1. The number of halogens is 2. The number of carboxylic acids is 1. The molecule has 0 saturated heterocycles. The van der Waals surface area contributed by atoms with Crippen LogP contribution in [0.25, 0.3) is 0 Å². The Morgan fingerprint density at radius 3 is 2.46 bits per heavy atom. The van der Waals surface area contributed by atoms with E-state index in [2.05, 4.69) is 11.8 Å². The van der Waals surface area contributed by atoms with Crippen LogP contribution in [0.3, 0.4) is 0 Å². The molecule has 1 atom stereocenters. The molecule has 4 nitrogen and oxygen atoms in total. The van der Waals surface area contributed by atoms with Gasteiger partial charge in [-0.25, -0.2) is 13.6 Å². The first-order valence-electron chi connectivity index (χ1n) is 8.66. The largest absolute Gasteiger partial charge is 0.490 e. The first kappa shape index (κ1) is 21.1. The molecule has 146 valence electrons. The van der Waals surface area contributed by atoms with Crippen molar-refractivity contribution < 1.29 is 28.2 Å². The van der Waals surface area contributed by atoms with Crippen molar-refractivity contribution >= 4 is 5.97 Å². The van der Waals surface area contributed by atoms with E-state index in [1.807, 2.05) is 0 Å². The summed E-state index contributed by atoms with van der Waals surface area (Å²) in [4.78, 5) is 11.1. The third kappa shape index (κ3) is 7.22.